The van der Waals surface area contributed by atoms with E-state index in [0.29, 0.717) is 0 Å². The quantitative estimate of drug-likeness (QED) is 0.888. The van der Waals surface area contributed by atoms with Crippen LogP contribution in [0.1, 0.15) is 34.7 Å². The van der Waals surface area contributed by atoms with E-state index in [-0.39, 0.29) is 6.04 Å². The van der Waals surface area contributed by atoms with Gasteiger partial charge in [0, 0.05) is 9.85 Å². The first-order chi connectivity index (χ1) is 8.79. The summed E-state index contributed by atoms with van der Waals surface area (Å²) in [5, 5.41) is 7.80. The van der Waals surface area contributed by atoms with Crippen LogP contribution in [0.2, 0.25) is 0 Å². The molecule has 1 unspecified atom stereocenters. The van der Waals surface area contributed by atoms with Crippen molar-refractivity contribution in [3.8, 4) is 0 Å². The van der Waals surface area contributed by atoms with Gasteiger partial charge in [0.1, 0.15) is 0 Å². The van der Waals surface area contributed by atoms with Crippen molar-refractivity contribution in [1.82, 2.24) is 5.32 Å². The molecule has 1 nitrogen and oxygen atoms in total. The van der Waals surface area contributed by atoms with Crippen molar-refractivity contribution in [2.24, 2.45) is 0 Å². The molecule has 18 heavy (non-hydrogen) atoms. The predicted octanol–water partition coefficient (Wildman–Crippen LogP) is 4.31. The van der Waals surface area contributed by atoms with Crippen LogP contribution in [-0.2, 0) is 12.8 Å². The van der Waals surface area contributed by atoms with Crippen LogP contribution in [0.3, 0.4) is 0 Å². The molecule has 1 atom stereocenters. The summed E-state index contributed by atoms with van der Waals surface area (Å²) in [5.74, 6) is 0. The van der Waals surface area contributed by atoms with Crippen LogP contribution in [0.4, 0.5) is 0 Å². The van der Waals surface area contributed by atoms with E-state index in [1.54, 1.807) is 16.9 Å². The number of nitrogens with one attached hydrogen (secondary N) is 1. The van der Waals surface area contributed by atoms with E-state index in [1.807, 2.05) is 7.05 Å². The van der Waals surface area contributed by atoms with Crippen LogP contribution in [0, 0.1) is 0 Å². The Hall–Kier alpha value is -0.640. The number of thiophene rings is 1. The number of halogens is 1. The number of benzene rings is 1. The van der Waals surface area contributed by atoms with Gasteiger partial charge in [-0.05, 0) is 69.9 Å². The molecule has 0 aliphatic heterocycles. The second-order valence-electron chi connectivity index (χ2n) is 4.78. The van der Waals surface area contributed by atoms with E-state index in [2.05, 4.69) is 50.2 Å². The highest BCUT2D eigenvalue weighted by atomic mass is 79.9. The first kappa shape index (κ1) is 12.4. The third-order valence-electron chi connectivity index (χ3n) is 3.70. The van der Waals surface area contributed by atoms with Crippen LogP contribution in [0.15, 0.2) is 33.4 Å². The summed E-state index contributed by atoms with van der Waals surface area (Å²) in [5.41, 5.74) is 5.79. The molecule has 1 aliphatic carbocycles. The van der Waals surface area contributed by atoms with Crippen molar-refractivity contribution < 1.29 is 0 Å². The zero-order valence-corrected chi connectivity index (χ0v) is 12.8. The minimum atomic E-state index is 0.288. The summed E-state index contributed by atoms with van der Waals surface area (Å²) < 4.78 is 1.20. The fourth-order valence-electron chi connectivity index (χ4n) is 2.77. The van der Waals surface area contributed by atoms with Gasteiger partial charge in [-0.25, -0.2) is 0 Å². The molecule has 2 aromatic rings. The molecule has 0 bridgehead atoms. The van der Waals surface area contributed by atoms with E-state index >= 15 is 0 Å². The van der Waals surface area contributed by atoms with Gasteiger partial charge in [0.25, 0.3) is 0 Å². The smallest absolute Gasteiger partial charge is 0.0593 e. The molecule has 1 heterocycles. The Morgan fingerprint density at radius 1 is 1.22 bits per heavy atom. The summed E-state index contributed by atoms with van der Waals surface area (Å²) in [4.78, 5) is 0. The monoisotopic (exact) mass is 321 g/mol. The lowest BCUT2D eigenvalue weighted by Crippen LogP contribution is -2.17. The summed E-state index contributed by atoms with van der Waals surface area (Å²) in [7, 11) is 2.03. The van der Waals surface area contributed by atoms with Crippen molar-refractivity contribution in [3.05, 3.63) is 55.7 Å². The van der Waals surface area contributed by atoms with Gasteiger partial charge in [0.05, 0.1) is 6.04 Å². The normalized spacial score (nSPS) is 15.7. The van der Waals surface area contributed by atoms with E-state index in [9.17, 15) is 0 Å². The molecule has 1 aromatic heterocycles. The molecule has 94 valence electrons. The first-order valence-corrected chi connectivity index (χ1v) is 8.03. The Morgan fingerprint density at radius 2 is 2.06 bits per heavy atom. The van der Waals surface area contributed by atoms with Crippen LogP contribution in [-0.4, -0.2) is 7.05 Å². The molecule has 0 amide bonds. The number of hydrogen-bond acceptors (Lipinski definition) is 2. The summed E-state index contributed by atoms with van der Waals surface area (Å²) in [6.45, 7) is 0. The van der Waals surface area contributed by atoms with Gasteiger partial charge >= 0.3 is 0 Å². The lowest BCUT2D eigenvalue weighted by molar-refractivity contribution is 0.690. The standard InChI is InChI=1S/C15H16BrNS/c1-17-15(13-8-18-9-14(13)16)12-6-5-10-3-2-4-11(10)7-12/h5-9,15,17H,2-4H2,1H3. The fraction of sp³-hybridized carbons (Fsp3) is 0.333. The molecule has 0 saturated heterocycles. The van der Waals surface area contributed by atoms with Crippen molar-refractivity contribution in [2.75, 3.05) is 7.05 Å². The minimum Gasteiger partial charge on any atom is -0.309 e. The number of rotatable bonds is 3. The lowest BCUT2D eigenvalue weighted by Gasteiger charge is -2.17. The Labute approximate surface area is 120 Å². The second kappa shape index (κ2) is 5.16. The largest absolute Gasteiger partial charge is 0.309 e. The van der Waals surface area contributed by atoms with Crippen LogP contribution >= 0.6 is 27.3 Å². The predicted molar refractivity (Wildman–Crippen MR) is 81.4 cm³/mol. The molecule has 0 radical (unpaired) electrons. The molecule has 1 N–H and O–H groups in total. The van der Waals surface area contributed by atoms with Gasteiger partial charge in [-0.3, -0.25) is 0 Å². The summed E-state index contributed by atoms with van der Waals surface area (Å²) in [6.07, 6.45) is 3.80. The zero-order chi connectivity index (χ0) is 12.5. The Morgan fingerprint density at radius 3 is 2.78 bits per heavy atom. The minimum absolute atomic E-state index is 0.288. The van der Waals surface area contributed by atoms with Gasteiger partial charge in [-0.2, -0.15) is 11.3 Å². The Balaban J connectivity index is 2.00. The third kappa shape index (κ3) is 2.15. The highest BCUT2D eigenvalue weighted by molar-refractivity contribution is 9.10. The van der Waals surface area contributed by atoms with Crippen molar-refractivity contribution in [2.45, 2.75) is 25.3 Å². The fourth-order valence-corrected chi connectivity index (χ4v) is 4.32. The Kier molecular flexibility index (Phi) is 3.55. The average Bonchev–Trinajstić information content (AvgIpc) is 2.99. The van der Waals surface area contributed by atoms with Gasteiger partial charge in [0.2, 0.25) is 0 Å². The average molecular weight is 322 g/mol. The zero-order valence-electron chi connectivity index (χ0n) is 10.4. The SMILES string of the molecule is CNC(c1ccc2c(c1)CCC2)c1cscc1Br. The maximum atomic E-state index is 3.64. The van der Waals surface area contributed by atoms with E-state index < -0.39 is 0 Å². The number of hydrogen-bond donors (Lipinski definition) is 1. The summed E-state index contributed by atoms with van der Waals surface area (Å²) >= 11 is 5.38. The molecule has 3 heteroatoms. The highest BCUT2D eigenvalue weighted by Gasteiger charge is 2.18. The molecule has 3 rings (SSSR count). The molecule has 0 fully saturated rings. The van der Waals surface area contributed by atoms with Crippen molar-refractivity contribution in [1.29, 1.82) is 0 Å². The van der Waals surface area contributed by atoms with Crippen molar-refractivity contribution >= 4 is 27.3 Å². The first-order valence-electron chi connectivity index (χ1n) is 6.30. The van der Waals surface area contributed by atoms with Crippen LogP contribution in [0.25, 0.3) is 0 Å². The van der Waals surface area contributed by atoms with E-state index in [1.165, 1.54) is 40.4 Å². The number of aryl methyl sites for hydroxylation is 2. The molecular weight excluding hydrogens is 306 g/mol. The highest BCUT2D eigenvalue weighted by Crippen LogP contribution is 2.33. The second-order valence-corrected chi connectivity index (χ2v) is 6.38. The maximum absolute atomic E-state index is 3.64. The molecule has 1 aliphatic rings. The number of fused-ring (bicyclic) bond motifs is 1. The molecule has 0 saturated carbocycles. The molecule has 0 spiro atoms. The van der Waals surface area contributed by atoms with E-state index in [4.69, 9.17) is 0 Å². The van der Waals surface area contributed by atoms with Gasteiger partial charge in [0.15, 0.2) is 0 Å². The van der Waals surface area contributed by atoms with Crippen LogP contribution in [0.5, 0.6) is 0 Å². The van der Waals surface area contributed by atoms with E-state index in [0.717, 1.165) is 0 Å². The molecular formula is C15H16BrNS. The maximum Gasteiger partial charge on any atom is 0.0593 e. The summed E-state index contributed by atoms with van der Waals surface area (Å²) in [6, 6.07) is 7.25. The lowest BCUT2D eigenvalue weighted by atomic mass is 9.97. The van der Waals surface area contributed by atoms with Crippen LogP contribution < -0.4 is 5.32 Å². The Bertz CT molecular complexity index is 561. The topological polar surface area (TPSA) is 12.0 Å². The van der Waals surface area contributed by atoms with Crippen molar-refractivity contribution in [3.63, 3.8) is 0 Å². The van der Waals surface area contributed by atoms with Gasteiger partial charge in [-0.15, -0.1) is 0 Å². The molecule has 1 aromatic carbocycles. The van der Waals surface area contributed by atoms with Gasteiger partial charge in [-0.1, -0.05) is 18.2 Å². The third-order valence-corrected chi connectivity index (χ3v) is 5.45. The van der Waals surface area contributed by atoms with Gasteiger partial charge < -0.3 is 5.32 Å².